The lowest BCUT2D eigenvalue weighted by Crippen LogP contribution is -2.29. The molecule has 0 heterocycles. The third-order valence-corrected chi connectivity index (χ3v) is 4.38. The average Bonchev–Trinajstić information content (AvgIpc) is 2.26. The van der Waals surface area contributed by atoms with Gasteiger partial charge >= 0.3 is 6.18 Å². The van der Waals surface area contributed by atoms with Crippen LogP contribution in [0.25, 0.3) is 0 Å². The number of nitrogens with one attached hydrogen (secondary N) is 1. The number of halogens is 5. The average molecular weight is 367 g/mol. The minimum absolute atomic E-state index is 0. The Morgan fingerprint density at radius 2 is 1.95 bits per heavy atom. The molecular formula is C11H15Cl2F3N2O2S. The fraction of sp³-hybridized carbons (Fsp3) is 0.455. The van der Waals surface area contributed by atoms with Crippen molar-refractivity contribution in [3.05, 3.63) is 28.8 Å². The van der Waals surface area contributed by atoms with Gasteiger partial charge in [0, 0.05) is 12.6 Å². The molecule has 0 aliphatic carbocycles. The molecule has 1 aromatic carbocycles. The fourth-order valence-corrected chi connectivity index (χ4v) is 2.98. The van der Waals surface area contributed by atoms with Crippen molar-refractivity contribution in [3.8, 4) is 0 Å². The maximum absolute atomic E-state index is 12.5. The van der Waals surface area contributed by atoms with Crippen molar-refractivity contribution in [3.63, 3.8) is 0 Å². The highest BCUT2D eigenvalue weighted by Crippen LogP contribution is 2.33. The summed E-state index contributed by atoms with van der Waals surface area (Å²) in [5, 5.41) is -0.479. The standard InChI is InChI=1S/C11H14ClF3N2O2S.ClH/c1-7(16)4-5-17-20(18,19)10-3-2-8(6-9(10)12)11(13,14)15;/h2-3,6-7,17H,4-5,16H2,1H3;1H. The molecule has 0 saturated heterocycles. The Hall–Kier alpha value is -0.540. The third kappa shape index (κ3) is 5.99. The summed E-state index contributed by atoms with van der Waals surface area (Å²) in [6, 6.07) is 1.90. The summed E-state index contributed by atoms with van der Waals surface area (Å²) in [6.07, 6.45) is -4.17. The molecule has 10 heteroatoms. The van der Waals surface area contributed by atoms with Gasteiger partial charge in [-0.1, -0.05) is 11.6 Å². The first-order valence-corrected chi connectivity index (χ1v) is 7.52. The van der Waals surface area contributed by atoms with Crippen LogP contribution in [0.4, 0.5) is 13.2 Å². The molecule has 0 radical (unpaired) electrons. The molecule has 1 atom stereocenters. The van der Waals surface area contributed by atoms with Gasteiger partial charge in [0.1, 0.15) is 4.90 Å². The molecule has 0 aliphatic rings. The Morgan fingerprint density at radius 3 is 2.38 bits per heavy atom. The molecule has 1 aromatic rings. The Morgan fingerprint density at radius 1 is 1.38 bits per heavy atom. The van der Waals surface area contributed by atoms with E-state index in [1.807, 2.05) is 0 Å². The minimum Gasteiger partial charge on any atom is -0.328 e. The van der Waals surface area contributed by atoms with Crippen LogP contribution in [0.15, 0.2) is 23.1 Å². The predicted molar refractivity (Wildman–Crippen MR) is 77.2 cm³/mol. The van der Waals surface area contributed by atoms with Crippen LogP contribution in [-0.4, -0.2) is 21.0 Å². The van der Waals surface area contributed by atoms with Gasteiger partial charge in [0.25, 0.3) is 0 Å². The highest BCUT2D eigenvalue weighted by atomic mass is 35.5. The minimum atomic E-state index is -4.58. The van der Waals surface area contributed by atoms with E-state index in [1.165, 1.54) is 0 Å². The van der Waals surface area contributed by atoms with E-state index < -0.39 is 31.7 Å². The first-order chi connectivity index (χ1) is 9.04. The summed E-state index contributed by atoms with van der Waals surface area (Å²) in [5.74, 6) is 0. The van der Waals surface area contributed by atoms with Crippen LogP contribution in [0.1, 0.15) is 18.9 Å². The van der Waals surface area contributed by atoms with Gasteiger partial charge in [-0.3, -0.25) is 0 Å². The SMILES string of the molecule is CC(N)CCNS(=O)(=O)c1ccc(C(F)(F)F)cc1Cl.Cl. The van der Waals surface area contributed by atoms with Crippen molar-refractivity contribution in [1.29, 1.82) is 0 Å². The zero-order valence-corrected chi connectivity index (χ0v) is 13.3. The predicted octanol–water partition coefficient (Wildman–Crippen LogP) is 2.80. The van der Waals surface area contributed by atoms with Crippen molar-refractivity contribution in [2.24, 2.45) is 5.73 Å². The van der Waals surface area contributed by atoms with Gasteiger partial charge in [0.2, 0.25) is 10.0 Å². The lowest BCUT2D eigenvalue weighted by molar-refractivity contribution is -0.137. The summed E-state index contributed by atoms with van der Waals surface area (Å²) in [6.45, 7) is 1.79. The van der Waals surface area contributed by atoms with Crippen LogP contribution in [0.5, 0.6) is 0 Å². The van der Waals surface area contributed by atoms with Gasteiger partial charge in [-0.15, -0.1) is 12.4 Å². The van der Waals surface area contributed by atoms with Crippen LogP contribution >= 0.6 is 24.0 Å². The van der Waals surface area contributed by atoms with Gasteiger partial charge in [-0.05, 0) is 31.5 Å². The van der Waals surface area contributed by atoms with Crippen LogP contribution in [0.3, 0.4) is 0 Å². The quantitative estimate of drug-likeness (QED) is 0.841. The summed E-state index contributed by atoms with van der Waals surface area (Å²) in [4.78, 5) is -0.392. The highest BCUT2D eigenvalue weighted by Gasteiger charge is 2.32. The largest absolute Gasteiger partial charge is 0.416 e. The zero-order chi connectivity index (χ0) is 15.6. The molecule has 21 heavy (non-hydrogen) atoms. The molecule has 0 aliphatic heterocycles. The summed E-state index contributed by atoms with van der Waals surface area (Å²) in [5.41, 5.74) is 4.47. The van der Waals surface area contributed by atoms with Crippen molar-refractivity contribution < 1.29 is 21.6 Å². The first-order valence-electron chi connectivity index (χ1n) is 5.66. The third-order valence-electron chi connectivity index (χ3n) is 2.44. The normalized spacial score (nSPS) is 13.6. The number of sulfonamides is 1. The van der Waals surface area contributed by atoms with Gasteiger partial charge in [0.15, 0.2) is 0 Å². The van der Waals surface area contributed by atoms with E-state index >= 15 is 0 Å². The van der Waals surface area contributed by atoms with E-state index in [2.05, 4.69) is 4.72 Å². The molecule has 122 valence electrons. The molecule has 0 saturated carbocycles. The second-order valence-corrected chi connectivity index (χ2v) is 6.45. The molecule has 1 rings (SSSR count). The van der Waals surface area contributed by atoms with E-state index in [0.717, 1.165) is 6.07 Å². The smallest absolute Gasteiger partial charge is 0.328 e. The Balaban J connectivity index is 0.00000400. The monoisotopic (exact) mass is 366 g/mol. The molecule has 0 fully saturated rings. The van der Waals surface area contributed by atoms with Gasteiger partial charge in [0.05, 0.1) is 10.6 Å². The number of rotatable bonds is 5. The molecule has 0 aromatic heterocycles. The number of alkyl halides is 3. The lowest BCUT2D eigenvalue weighted by atomic mass is 10.2. The molecule has 0 amide bonds. The van der Waals surface area contributed by atoms with Crippen molar-refractivity contribution in [2.75, 3.05) is 6.54 Å². The number of benzene rings is 1. The Kier molecular flexibility index (Phi) is 7.44. The van der Waals surface area contributed by atoms with Gasteiger partial charge in [-0.25, -0.2) is 13.1 Å². The molecule has 0 bridgehead atoms. The van der Waals surface area contributed by atoms with Crippen molar-refractivity contribution in [2.45, 2.75) is 30.5 Å². The summed E-state index contributed by atoms with van der Waals surface area (Å²) in [7, 11) is -3.95. The molecule has 1 unspecified atom stereocenters. The van der Waals surface area contributed by atoms with Crippen LogP contribution in [0, 0.1) is 0 Å². The van der Waals surface area contributed by atoms with Crippen LogP contribution in [-0.2, 0) is 16.2 Å². The van der Waals surface area contributed by atoms with E-state index in [1.54, 1.807) is 6.92 Å². The molecule has 3 N–H and O–H groups in total. The molecule has 0 spiro atoms. The van der Waals surface area contributed by atoms with Gasteiger partial charge in [-0.2, -0.15) is 13.2 Å². The van der Waals surface area contributed by atoms with E-state index in [-0.39, 0.29) is 25.0 Å². The summed E-state index contributed by atoms with van der Waals surface area (Å²) >= 11 is 5.62. The number of hydrogen-bond donors (Lipinski definition) is 2. The summed E-state index contributed by atoms with van der Waals surface area (Å²) < 4.78 is 63.3. The first kappa shape index (κ1) is 20.5. The Labute approximate surface area is 132 Å². The van der Waals surface area contributed by atoms with Crippen molar-refractivity contribution in [1.82, 2.24) is 4.72 Å². The maximum Gasteiger partial charge on any atom is 0.416 e. The van der Waals surface area contributed by atoms with Gasteiger partial charge < -0.3 is 5.73 Å². The van der Waals surface area contributed by atoms with Crippen LogP contribution < -0.4 is 10.5 Å². The second kappa shape index (κ2) is 7.64. The number of nitrogens with two attached hydrogens (primary N) is 1. The Bertz CT molecular complexity index is 577. The second-order valence-electron chi connectivity index (χ2n) is 4.31. The topological polar surface area (TPSA) is 72.2 Å². The fourth-order valence-electron chi connectivity index (χ4n) is 1.39. The van der Waals surface area contributed by atoms with Crippen molar-refractivity contribution >= 4 is 34.0 Å². The van der Waals surface area contributed by atoms with E-state index in [0.29, 0.717) is 18.6 Å². The van der Waals surface area contributed by atoms with E-state index in [9.17, 15) is 21.6 Å². The number of hydrogen-bond acceptors (Lipinski definition) is 3. The maximum atomic E-state index is 12.5. The van der Waals surface area contributed by atoms with Crippen LogP contribution in [0.2, 0.25) is 5.02 Å². The molecular weight excluding hydrogens is 352 g/mol. The van der Waals surface area contributed by atoms with E-state index in [4.69, 9.17) is 17.3 Å². The zero-order valence-electron chi connectivity index (χ0n) is 10.9. The lowest BCUT2D eigenvalue weighted by Gasteiger charge is -2.12. The molecule has 4 nitrogen and oxygen atoms in total. The highest BCUT2D eigenvalue weighted by molar-refractivity contribution is 7.89.